The Balaban J connectivity index is 1.96. The van der Waals surface area contributed by atoms with Crippen LogP contribution in [-0.2, 0) is 4.74 Å². The van der Waals surface area contributed by atoms with Crippen molar-refractivity contribution < 1.29 is 9.53 Å². The lowest BCUT2D eigenvalue weighted by molar-refractivity contribution is 0.0603. The van der Waals surface area contributed by atoms with Crippen LogP contribution in [0.2, 0.25) is 0 Å². The van der Waals surface area contributed by atoms with Crippen LogP contribution in [0.1, 0.15) is 21.1 Å². The zero-order chi connectivity index (χ0) is 17.8. The predicted octanol–water partition coefficient (Wildman–Crippen LogP) is 5.00. The Morgan fingerprint density at radius 2 is 2.20 bits per heavy atom. The first-order valence-electron chi connectivity index (χ1n) is 7.17. The first kappa shape index (κ1) is 17.4. The lowest BCUT2D eigenvalue weighted by Crippen LogP contribution is -2.04. The lowest BCUT2D eigenvalue weighted by Gasteiger charge is -2.05. The molecular formula is C17H13N3O2S3. The Morgan fingerprint density at radius 3 is 2.80 bits per heavy atom. The normalized spacial score (nSPS) is 11.2. The van der Waals surface area contributed by atoms with Crippen molar-refractivity contribution in [3.05, 3.63) is 50.7 Å². The van der Waals surface area contributed by atoms with E-state index in [1.54, 1.807) is 17.5 Å². The van der Waals surface area contributed by atoms with Crippen LogP contribution in [0.25, 0.3) is 16.0 Å². The molecular weight excluding hydrogens is 374 g/mol. The summed E-state index contributed by atoms with van der Waals surface area (Å²) in [5.41, 5.74) is 2.58. The van der Waals surface area contributed by atoms with E-state index in [4.69, 9.17) is 4.74 Å². The number of thiophene rings is 2. The highest BCUT2D eigenvalue weighted by Gasteiger charge is 2.21. The van der Waals surface area contributed by atoms with Gasteiger partial charge >= 0.3 is 5.97 Å². The number of anilines is 1. The predicted molar refractivity (Wildman–Crippen MR) is 103 cm³/mol. The SMILES string of the molecule is COC(=O)c1c(-c2cccs2)csc1N/C=C(\C#N)c1nc(C)cs1. The Labute approximate surface area is 156 Å². The van der Waals surface area contributed by atoms with Gasteiger partial charge in [0, 0.05) is 33.1 Å². The summed E-state index contributed by atoms with van der Waals surface area (Å²) >= 11 is 4.36. The molecule has 0 saturated heterocycles. The van der Waals surface area contributed by atoms with Gasteiger partial charge in [-0.15, -0.1) is 34.0 Å². The van der Waals surface area contributed by atoms with E-state index in [9.17, 15) is 10.1 Å². The maximum atomic E-state index is 12.3. The molecule has 0 spiro atoms. The molecule has 0 saturated carbocycles. The quantitative estimate of drug-likeness (QED) is 0.492. The van der Waals surface area contributed by atoms with Crippen LogP contribution in [0.4, 0.5) is 5.00 Å². The molecule has 0 atom stereocenters. The Hall–Kier alpha value is -2.47. The highest BCUT2D eigenvalue weighted by molar-refractivity contribution is 7.17. The van der Waals surface area contributed by atoms with E-state index in [-0.39, 0.29) is 0 Å². The van der Waals surface area contributed by atoms with Crippen molar-refractivity contribution in [2.24, 2.45) is 0 Å². The van der Waals surface area contributed by atoms with Crippen molar-refractivity contribution >= 4 is 50.6 Å². The fourth-order valence-electron chi connectivity index (χ4n) is 2.14. The van der Waals surface area contributed by atoms with Crippen molar-refractivity contribution in [1.82, 2.24) is 4.98 Å². The molecule has 0 unspecified atom stereocenters. The highest BCUT2D eigenvalue weighted by atomic mass is 32.1. The molecule has 25 heavy (non-hydrogen) atoms. The van der Waals surface area contributed by atoms with Gasteiger partial charge in [-0.2, -0.15) is 5.26 Å². The minimum absolute atomic E-state index is 0.413. The number of hydrogen-bond acceptors (Lipinski definition) is 8. The third-order valence-corrected chi connectivity index (χ3v) is 6.09. The first-order valence-corrected chi connectivity index (χ1v) is 9.81. The van der Waals surface area contributed by atoms with Gasteiger partial charge in [-0.05, 0) is 18.4 Å². The molecule has 1 N–H and O–H groups in total. The van der Waals surface area contributed by atoms with Gasteiger partial charge < -0.3 is 10.1 Å². The molecule has 3 rings (SSSR count). The van der Waals surface area contributed by atoms with Crippen LogP contribution in [0.15, 0.2) is 34.5 Å². The molecule has 3 aromatic rings. The summed E-state index contributed by atoms with van der Waals surface area (Å²) in [5.74, 6) is -0.413. The van der Waals surface area contributed by atoms with Gasteiger partial charge in [-0.3, -0.25) is 0 Å². The van der Waals surface area contributed by atoms with E-state index in [1.807, 2.05) is 35.2 Å². The summed E-state index contributed by atoms with van der Waals surface area (Å²) < 4.78 is 4.93. The molecule has 0 aliphatic heterocycles. The zero-order valence-electron chi connectivity index (χ0n) is 13.4. The van der Waals surface area contributed by atoms with Crippen molar-refractivity contribution in [2.45, 2.75) is 6.92 Å². The first-order chi connectivity index (χ1) is 12.1. The van der Waals surface area contributed by atoms with Gasteiger partial charge in [0.25, 0.3) is 0 Å². The smallest absolute Gasteiger partial charge is 0.341 e. The number of hydrogen-bond donors (Lipinski definition) is 1. The van der Waals surface area contributed by atoms with Crippen LogP contribution in [-0.4, -0.2) is 18.1 Å². The second-order valence-corrected chi connectivity index (χ2v) is 7.62. The monoisotopic (exact) mass is 387 g/mol. The Morgan fingerprint density at radius 1 is 1.36 bits per heavy atom. The molecule has 0 aliphatic carbocycles. The molecule has 0 radical (unpaired) electrons. The van der Waals surface area contributed by atoms with Crippen molar-refractivity contribution in [3.8, 4) is 16.5 Å². The molecule has 0 aromatic carbocycles. The molecule has 0 fully saturated rings. The molecule has 3 heterocycles. The van der Waals surface area contributed by atoms with E-state index >= 15 is 0 Å². The van der Waals surface area contributed by atoms with Gasteiger partial charge in [0.1, 0.15) is 27.2 Å². The lowest BCUT2D eigenvalue weighted by atomic mass is 10.1. The molecule has 0 aliphatic rings. The van der Waals surface area contributed by atoms with E-state index in [0.717, 1.165) is 16.1 Å². The number of carbonyl (C=O) groups excluding carboxylic acids is 1. The molecule has 0 bridgehead atoms. The van der Waals surface area contributed by atoms with Crippen LogP contribution in [0, 0.1) is 18.3 Å². The van der Waals surface area contributed by atoms with Gasteiger partial charge in [0.05, 0.1) is 7.11 Å². The number of rotatable bonds is 5. The van der Waals surface area contributed by atoms with E-state index < -0.39 is 5.97 Å². The summed E-state index contributed by atoms with van der Waals surface area (Å²) in [6.45, 7) is 1.88. The van der Waals surface area contributed by atoms with E-state index in [2.05, 4.69) is 16.4 Å². The maximum Gasteiger partial charge on any atom is 0.341 e. The van der Waals surface area contributed by atoms with Crippen LogP contribution >= 0.6 is 34.0 Å². The zero-order valence-corrected chi connectivity index (χ0v) is 15.8. The second-order valence-electron chi connectivity index (χ2n) is 4.93. The number of ether oxygens (including phenoxy) is 1. The third kappa shape index (κ3) is 3.64. The number of nitriles is 1. The van der Waals surface area contributed by atoms with Crippen molar-refractivity contribution in [2.75, 3.05) is 12.4 Å². The Kier molecular flexibility index (Phi) is 5.28. The molecule has 8 heteroatoms. The standard InChI is InChI=1S/C17H13N3O2S3/c1-10-8-24-15(20-10)11(6-18)7-19-16-14(17(21)22-2)12(9-25-16)13-4-3-5-23-13/h3-5,7-9,19H,1-2H3/b11-7+. The Bertz CT molecular complexity index is 962. The van der Waals surface area contributed by atoms with Crippen LogP contribution in [0.5, 0.6) is 0 Å². The number of methoxy groups -OCH3 is 1. The summed E-state index contributed by atoms with van der Waals surface area (Å²) in [4.78, 5) is 17.6. The summed E-state index contributed by atoms with van der Waals surface area (Å²) in [5, 5.41) is 19.5. The van der Waals surface area contributed by atoms with Crippen molar-refractivity contribution in [1.29, 1.82) is 5.26 Å². The topological polar surface area (TPSA) is 75.0 Å². The van der Waals surface area contributed by atoms with Gasteiger partial charge in [-0.1, -0.05) is 6.07 Å². The van der Waals surface area contributed by atoms with Crippen molar-refractivity contribution in [3.63, 3.8) is 0 Å². The molecule has 3 aromatic heterocycles. The minimum atomic E-state index is -0.413. The fourth-order valence-corrected chi connectivity index (χ4v) is 4.64. The average molecular weight is 388 g/mol. The number of carbonyl (C=O) groups is 1. The maximum absolute atomic E-state index is 12.3. The largest absolute Gasteiger partial charge is 0.465 e. The summed E-state index contributed by atoms with van der Waals surface area (Å²) in [6, 6.07) is 6.03. The fraction of sp³-hybridized carbons (Fsp3) is 0.118. The number of thiazole rings is 1. The minimum Gasteiger partial charge on any atom is -0.465 e. The van der Waals surface area contributed by atoms with E-state index in [1.165, 1.54) is 29.8 Å². The third-order valence-electron chi connectivity index (χ3n) is 3.28. The second kappa shape index (κ2) is 7.61. The molecule has 126 valence electrons. The number of aryl methyl sites for hydroxylation is 1. The van der Waals surface area contributed by atoms with Crippen LogP contribution < -0.4 is 5.32 Å². The van der Waals surface area contributed by atoms with Gasteiger partial charge in [0.2, 0.25) is 0 Å². The van der Waals surface area contributed by atoms with Gasteiger partial charge in [0.15, 0.2) is 0 Å². The molecule has 0 amide bonds. The number of nitrogens with one attached hydrogen (secondary N) is 1. The van der Waals surface area contributed by atoms with Gasteiger partial charge in [-0.25, -0.2) is 9.78 Å². The number of esters is 1. The number of aromatic nitrogens is 1. The summed E-state index contributed by atoms with van der Waals surface area (Å²) in [6.07, 6.45) is 1.58. The average Bonchev–Trinajstić information content (AvgIpc) is 3.35. The van der Waals surface area contributed by atoms with E-state index in [0.29, 0.717) is 21.1 Å². The van der Waals surface area contributed by atoms with Crippen LogP contribution in [0.3, 0.4) is 0 Å². The molecule has 5 nitrogen and oxygen atoms in total. The highest BCUT2D eigenvalue weighted by Crippen LogP contribution is 2.38. The number of nitrogens with zero attached hydrogens (tertiary/aromatic N) is 2. The number of allylic oxidation sites excluding steroid dienone is 1. The summed E-state index contributed by atoms with van der Waals surface area (Å²) in [7, 11) is 1.36.